The summed E-state index contributed by atoms with van der Waals surface area (Å²) < 4.78 is 0. The fourth-order valence-electron chi connectivity index (χ4n) is 6.38. The van der Waals surface area contributed by atoms with Gasteiger partial charge in [0.2, 0.25) is 0 Å². The third-order valence-electron chi connectivity index (χ3n) is 8.42. The summed E-state index contributed by atoms with van der Waals surface area (Å²) in [6.45, 7) is 4.29. The Bertz CT molecular complexity index is 2080. The average molecular weight is 498 g/mol. The van der Waals surface area contributed by atoms with Gasteiger partial charge < -0.3 is 0 Å². The maximum absolute atomic E-state index is 5.14. The maximum Gasteiger partial charge on any atom is 0.0669 e. The van der Waals surface area contributed by atoms with Crippen LogP contribution in [0.5, 0.6) is 0 Å². The van der Waals surface area contributed by atoms with Crippen molar-refractivity contribution in [3.8, 4) is 22.3 Å². The molecule has 8 rings (SSSR count). The average Bonchev–Trinajstić information content (AvgIpc) is 3.41. The quantitative estimate of drug-likeness (QED) is 0.215. The van der Waals surface area contributed by atoms with Crippen LogP contribution < -0.4 is 0 Å². The van der Waals surface area contributed by atoms with Crippen LogP contribution in [-0.4, -0.2) is 5.71 Å². The van der Waals surface area contributed by atoms with E-state index in [1.807, 2.05) is 0 Å². The molecule has 39 heavy (non-hydrogen) atoms. The molecule has 0 radical (unpaired) electrons. The van der Waals surface area contributed by atoms with Crippen molar-refractivity contribution in [2.45, 2.75) is 20.3 Å². The minimum atomic E-state index is 0.863. The second kappa shape index (κ2) is 8.38. The lowest BCUT2D eigenvalue weighted by Gasteiger charge is -2.19. The van der Waals surface area contributed by atoms with Gasteiger partial charge in [-0.25, -0.2) is 0 Å². The first kappa shape index (κ1) is 22.3. The highest BCUT2D eigenvalue weighted by Crippen LogP contribution is 2.44. The van der Waals surface area contributed by atoms with Crippen LogP contribution in [0.15, 0.2) is 120 Å². The molecule has 1 nitrogen and oxygen atoms in total. The second-order valence-corrected chi connectivity index (χ2v) is 10.9. The highest BCUT2D eigenvalue weighted by molar-refractivity contribution is 6.31. The van der Waals surface area contributed by atoms with Crippen molar-refractivity contribution in [3.05, 3.63) is 138 Å². The molecule has 0 amide bonds. The van der Waals surface area contributed by atoms with Crippen molar-refractivity contribution >= 4 is 43.7 Å². The Kier molecular flexibility index (Phi) is 4.78. The standard InChI is InChI=1S/C38H27N/c1-23-7-11-25(12-8-23)29-17-15-27-16-18-31-33(26-13-9-24(2)10-14-26)22-34(32-20-19-30(29)37(27)38(31)32)36-21-28-5-3-4-6-35(28)39-36/h3-20,22H,21H2,1-2H3. The summed E-state index contributed by atoms with van der Waals surface area (Å²) in [4.78, 5) is 5.14. The number of benzene rings is 7. The highest BCUT2D eigenvalue weighted by atomic mass is 14.8. The number of hydrogen-bond donors (Lipinski definition) is 0. The lowest BCUT2D eigenvalue weighted by Crippen LogP contribution is -2.03. The van der Waals surface area contributed by atoms with Crippen molar-refractivity contribution in [2.75, 3.05) is 0 Å². The van der Waals surface area contributed by atoms with E-state index >= 15 is 0 Å². The number of rotatable bonds is 3. The molecule has 0 bridgehead atoms. The molecule has 0 unspecified atom stereocenters. The molecule has 0 atom stereocenters. The van der Waals surface area contributed by atoms with E-state index in [2.05, 4.69) is 129 Å². The summed E-state index contributed by atoms with van der Waals surface area (Å²) in [7, 11) is 0. The monoisotopic (exact) mass is 497 g/mol. The number of para-hydroxylation sites is 1. The zero-order chi connectivity index (χ0) is 26.1. The van der Waals surface area contributed by atoms with Crippen LogP contribution >= 0.6 is 0 Å². The number of aryl methyl sites for hydroxylation is 2. The van der Waals surface area contributed by atoms with Crippen molar-refractivity contribution in [1.82, 2.24) is 0 Å². The topological polar surface area (TPSA) is 12.4 Å². The number of fused-ring (bicyclic) bond motifs is 1. The summed E-state index contributed by atoms with van der Waals surface area (Å²) in [6, 6.07) is 42.6. The van der Waals surface area contributed by atoms with Gasteiger partial charge in [-0.05, 0) is 86.1 Å². The van der Waals surface area contributed by atoms with Crippen LogP contribution in [-0.2, 0) is 6.42 Å². The predicted octanol–water partition coefficient (Wildman–Crippen LogP) is 10.2. The summed E-state index contributed by atoms with van der Waals surface area (Å²) in [5, 5.41) is 7.85. The van der Waals surface area contributed by atoms with Gasteiger partial charge >= 0.3 is 0 Å². The van der Waals surface area contributed by atoms with E-state index in [1.54, 1.807) is 0 Å². The summed E-state index contributed by atoms with van der Waals surface area (Å²) >= 11 is 0. The Morgan fingerprint density at radius 3 is 1.82 bits per heavy atom. The Hall–Kier alpha value is -4.75. The molecular formula is C38H27N. The maximum atomic E-state index is 5.14. The molecule has 0 aliphatic carbocycles. The van der Waals surface area contributed by atoms with Gasteiger partial charge in [-0.15, -0.1) is 0 Å². The van der Waals surface area contributed by atoms with Crippen LogP contribution in [0.3, 0.4) is 0 Å². The van der Waals surface area contributed by atoms with Gasteiger partial charge in [-0.1, -0.05) is 114 Å². The lowest BCUT2D eigenvalue weighted by atomic mass is 9.84. The third kappa shape index (κ3) is 3.43. The van der Waals surface area contributed by atoms with E-state index in [4.69, 9.17) is 4.99 Å². The van der Waals surface area contributed by atoms with Crippen molar-refractivity contribution in [1.29, 1.82) is 0 Å². The molecule has 1 heteroatoms. The van der Waals surface area contributed by atoms with Crippen LogP contribution in [0.2, 0.25) is 0 Å². The van der Waals surface area contributed by atoms with Gasteiger partial charge in [0.25, 0.3) is 0 Å². The van der Waals surface area contributed by atoms with Gasteiger partial charge in [0, 0.05) is 12.0 Å². The van der Waals surface area contributed by atoms with Gasteiger partial charge in [0.05, 0.1) is 11.4 Å². The molecular weight excluding hydrogens is 470 g/mol. The molecule has 1 heterocycles. The van der Waals surface area contributed by atoms with Gasteiger partial charge in [0.15, 0.2) is 0 Å². The van der Waals surface area contributed by atoms with Gasteiger partial charge in [-0.2, -0.15) is 0 Å². The van der Waals surface area contributed by atoms with Crippen LogP contribution in [0.4, 0.5) is 5.69 Å². The zero-order valence-electron chi connectivity index (χ0n) is 22.1. The van der Waals surface area contributed by atoms with E-state index in [0.29, 0.717) is 0 Å². The SMILES string of the molecule is Cc1ccc(-c2ccc3ccc4c(-c5ccc(C)cc5)cc(C5=Nc6ccccc6C5)c5ccc2c3c54)cc1. The van der Waals surface area contributed by atoms with Crippen LogP contribution in [0.1, 0.15) is 22.3 Å². The third-order valence-corrected chi connectivity index (χ3v) is 8.42. The fourth-order valence-corrected chi connectivity index (χ4v) is 6.38. The number of nitrogens with zero attached hydrogens (tertiary/aromatic N) is 1. The summed E-state index contributed by atoms with van der Waals surface area (Å²) in [6.07, 6.45) is 0.863. The first-order valence-electron chi connectivity index (χ1n) is 13.7. The molecule has 0 aromatic heterocycles. The minimum Gasteiger partial charge on any atom is -0.252 e. The largest absolute Gasteiger partial charge is 0.252 e. The molecule has 7 aromatic carbocycles. The van der Waals surface area contributed by atoms with E-state index < -0.39 is 0 Å². The van der Waals surface area contributed by atoms with E-state index in [0.717, 1.165) is 17.8 Å². The Balaban J connectivity index is 1.48. The smallest absolute Gasteiger partial charge is 0.0669 e. The molecule has 1 aliphatic rings. The molecule has 7 aromatic rings. The van der Waals surface area contributed by atoms with E-state index in [1.165, 1.54) is 76.8 Å². The van der Waals surface area contributed by atoms with Crippen molar-refractivity contribution in [2.24, 2.45) is 4.99 Å². The highest BCUT2D eigenvalue weighted by Gasteiger charge is 2.22. The Morgan fingerprint density at radius 2 is 1.10 bits per heavy atom. The minimum absolute atomic E-state index is 0.863. The van der Waals surface area contributed by atoms with Gasteiger partial charge in [0.1, 0.15) is 0 Å². The molecule has 0 saturated carbocycles. The van der Waals surface area contributed by atoms with Crippen LogP contribution in [0.25, 0.3) is 54.6 Å². The Labute approximate surface area is 228 Å². The number of aliphatic imine (C=N–C) groups is 1. The van der Waals surface area contributed by atoms with Gasteiger partial charge in [-0.3, -0.25) is 4.99 Å². The molecule has 0 N–H and O–H groups in total. The molecule has 0 saturated heterocycles. The van der Waals surface area contributed by atoms with Crippen LogP contribution in [0, 0.1) is 13.8 Å². The first-order valence-corrected chi connectivity index (χ1v) is 13.7. The first-order chi connectivity index (χ1) is 19.1. The Morgan fingerprint density at radius 1 is 0.513 bits per heavy atom. The summed E-state index contributed by atoms with van der Waals surface area (Å²) in [5.41, 5.74) is 12.4. The fraction of sp³-hybridized carbons (Fsp3) is 0.0789. The molecule has 0 fully saturated rings. The molecule has 0 spiro atoms. The lowest BCUT2D eigenvalue weighted by molar-refractivity contribution is 1.39. The van der Waals surface area contributed by atoms with E-state index in [9.17, 15) is 0 Å². The normalized spacial score (nSPS) is 12.9. The van der Waals surface area contributed by atoms with E-state index in [-0.39, 0.29) is 0 Å². The molecule has 1 aliphatic heterocycles. The van der Waals surface area contributed by atoms with Crippen molar-refractivity contribution < 1.29 is 0 Å². The number of hydrogen-bond acceptors (Lipinski definition) is 1. The predicted molar refractivity (Wildman–Crippen MR) is 167 cm³/mol. The zero-order valence-corrected chi connectivity index (χ0v) is 22.1. The van der Waals surface area contributed by atoms with Crippen molar-refractivity contribution in [3.63, 3.8) is 0 Å². The molecule has 184 valence electrons. The second-order valence-electron chi connectivity index (χ2n) is 10.9. The summed E-state index contributed by atoms with van der Waals surface area (Å²) in [5.74, 6) is 0.